The molecule has 0 saturated heterocycles. The van der Waals surface area contributed by atoms with E-state index < -0.39 is 0 Å². The number of benzene rings is 2. The summed E-state index contributed by atoms with van der Waals surface area (Å²) in [4.78, 5) is 11.8. The average molecular weight is 256 g/mol. The van der Waals surface area contributed by atoms with Gasteiger partial charge in [-0.2, -0.15) is 0 Å². The van der Waals surface area contributed by atoms with E-state index in [1.54, 1.807) is 6.21 Å². The minimum absolute atomic E-state index is 0.580. The Morgan fingerprint density at radius 3 is 2.67 bits per heavy atom. The van der Waals surface area contributed by atoms with E-state index in [9.17, 15) is 0 Å². The Kier molecular flexibility index (Phi) is 2.82. The summed E-state index contributed by atoms with van der Waals surface area (Å²) in [7, 11) is 0. The van der Waals surface area contributed by atoms with E-state index in [4.69, 9.17) is 11.6 Å². The van der Waals surface area contributed by atoms with Crippen LogP contribution in [-0.4, -0.2) is 16.2 Å². The Bertz CT molecular complexity index is 683. The summed E-state index contributed by atoms with van der Waals surface area (Å²) in [5.74, 6) is 0.580. The fraction of sp³-hybridized carbons (Fsp3) is 0. The van der Waals surface area contributed by atoms with Gasteiger partial charge in [-0.15, -0.1) is 0 Å². The summed E-state index contributed by atoms with van der Waals surface area (Å²) in [6.45, 7) is 0. The van der Waals surface area contributed by atoms with Gasteiger partial charge in [0.15, 0.2) is 0 Å². The number of imidazole rings is 1. The zero-order chi connectivity index (χ0) is 12.4. The van der Waals surface area contributed by atoms with Crippen LogP contribution < -0.4 is 0 Å². The normalized spacial score (nSPS) is 11.4. The van der Waals surface area contributed by atoms with Crippen molar-refractivity contribution in [3.63, 3.8) is 0 Å². The van der Waals surface area contributed by atoms with E-state index >= 15 is 0 Å². The second kappa shape index (κ2) is 4.63. The monoisotopic (exact) mass is 255 g/mol. The molecule has 0 aliphatic heterocycles. The van der Waals surface area contributed by atoms with Crippen LogP contribution in [-0.2, 0) is 0 Å². The van der Waals surface area contributed by atoms with Crippen molar-refractivity contribution in [2.75, 3.05) is 0 Å². The highest BCUT2D eigenvalue weighted by Gasteiger charge is 1.99. The number of H-pyrrole nitrogens is 1. The zero-order valence-electron chi connectivity index (χ0n) is 9.47. The first-order valence-electron chi connectivity index (χ1n) is 5.56. The summed E-state index contributed by atoms with van der Waals surface area (Å²) in [5.41, 5.74) is 2.76. The first kappa shape index (κ1) is 11.0. The Morgan fingerprint density at radius 2 is 1.83 bits per heavy atom. The second-order valence-corrected chi connectivity index (χ2v) is 4.26. The summed E-state index contributed by atoms with van der Waals surface area (Å²) < 4.78 is 0. The molecule has 18 heavy (non-hydrogen) atoms. The molecule has 2 aromatic carbocycles. The van der Waals surface area contributed by atoms with E-state index in [0.29, 0.717) is 11.0 Å². The summed E-state index contributed by atoms with van der Waals surface area (Å²) in [6.07, 6.45) is 1.71. The van der Waals surface area contributed by atoms with Crippen molar-refractivity contribution >= 4 is 34.8 Å². The standard InChI is InChI=1S/C14H10ClN3/c15-11-6-2-1-5-10(11)9-16-14-17-12-7-3-4-8-13(12)18-14/h1-9H,(H,17,18)/b16-9+. The lowest BCUT2D eigenvalue weighted by Gasteiger charge is -1.94. The molecule has 0 bridgehead atoms. The largest absolute Gasteiger partial charge is 0.322 e. The van der Waals surface area contributed by atoms with Crippen LogP contribution in [0.4, 0.5) is 5.95 Å². The molecule has 0 fully saturated rings. The minimum atomic E-state index is 0.580. The SMILES string of the molecule is Clc1ccccc1/C=N/c1nc2ccccc2[nH]1. The number of aliphatic imine (C=N–C) groups is 1. The highest BCUT2D eigenvalue weighted by Crippen LogP contribution is 2.17. The molecule has 1 aromatic heterocycles. The highest BCUT2D eigenvalue weighted by atomic mass is 35.5. The molecule has 0 saturated carbocycles. The highest BCUT2D eigenvalue weighted by molar-refractivity contribution is 6.33. The zero-order valence-corrected chi connectivity index (χ0v) is 10.2. The fourth-order valence-corrected chi connectivity index (χ4v) is 1.90. The number of nitrogens with one attached hydrogen (secondary N) is 1. The molecule has 0 radical (unpaired) electrons. The van der Waals surface area contributed by atoms with Crippen LogP contribution in [0.1, 0.15) is 5.56 Å². The number of aromatic nitrogens is 2. The van der Waals surface area contributed by atoms with Crippen molar-refractivity contribution in [3.8, 4) is 0 Å². The van der Waals surface area contributed by atoms with Crippen LogP contribution in [0.25, 0.3) is 11.0 Å². The number of fused-ring (bicyclic) bond motifs is 1. The summed E-state index contributed by atoms with van der Waals surface area (Å²) in [5, 5.41) is 0.678. The number of aromatic amines is 1. The van der Waals surface area contributed by atoms with Crippen LogP contribution >= 0.6 is 11.6 Å². The molecule has 0 atom stereocenters. The lowest BCUT2D eigenvalue weighted by Crippen LogP contribution is -1.81. The quantitative estimate of drug-likeness (QED) is 0.692. The first-order valence-corrected chi connectivity index (χ1v) is 5.94. The second-order valence-electron chi connectivity index (χ2n) is 3.86. The van der Waals surface area contributed by atoms with Gasteiger partial charge in [-0.25, -0.2) is 9.98 Å². The number of hydrogen-bond acceptors (Lipinski definition) is 2. The van der Waals surface area contributed by atoms with Crippen LogP contribution in [0.5, 0.6) is 0 Å². The molecule has 3 aromatic rings. The van der Waals surface area contributed by atoms with Gasteiger partial charge in [-0.3, -0.25) is 0 Å². The molecule has 0 spiro atoms. The number of hydrogen-bond donors (Lipinski definition) is 1. The average Bonchev–Trinajstić information content (AvgIpc) is 2.80. The molecule has 0 amide bonds. The van der Waals surface area contributed by atoms with E-state index in [1.165, 1.54) is 0 Å². The lowest BCUT2D eigenvalue weighted by atomic mass is 10.2. The summed E-state index contributed by atoms with van der Waals surface area (Å²) >= 11 is 6.05. The van der Waals surface area contributed by atoms with Crippen molar-refractivity contribution in [2.24, 2.45) is 4.99 Å². The molecule has 4 heteroatoms. The maximum atomic E-state index is 6.05. The van der Waals surface area contributed by atoms with Gasteiger partial charge in [0.2, 0.25) is 5.95 Å². The molecule has 1 N–H and O–H groups in total. The van der Waals surface area contributed by atoms with Crippen LogP contribution in [0.2, 0.25) is 5.02 Å². The maximum Gasteiger partial charge on any atom is 0.227 e. The molecule has 1 heterocycles. The van der Waals surface area contributed by atoms with Crippen molar-refractivity contribution in [1.29, 1.82) is 0 Å². The van der Waals surface area contributed by atoms with E-state index in [-0.39, 0.29) is 0 Å². The third kappa shape index (κ3) is 2.13. The minimum Gasteiger partial charge on any atom is -0.322 e. The number of para-hydroxylation sites is 2. The maximum absolute atomic E-state index is 6.05. The van der Waals surface area contributed by atoms with Crippen molar-refractivity contribution < 1.29 is 0 Å². The van der Waals surface area contributed by atoms with Crippen LogP contribution in [0, 0.1) is 0 Å². The fourth-order valence-electron chi connectivity index (χ4n) is 1.71. The molecule has 88 valence electrons. The van der Waals surface area contributed by atoms with E-state index in [2.05, 4.69) is 15.0 Å². The number of halogens is 1. The molecule has 3 nitrogen and oxygen atoms in total. The van der Waals surface area contributed by atoms with Crippen LogP contribution in [0.15, 0.2) is 53.5 Å². The van der Waals surface area contributed by atoms with Gasteiger partial charge in [0.05, 0.1) is 11.0 Å². The van der Waals surface area contributed by atoms with Crippen LogP contribution in [0.3, 0.4) is 0 Å². The Morgan fingerprint density at radius 1 is 1.06 bits per heavy atom. The Balaban J connectivity index is 1.95. The molecule has 0 aliphatic rings. The molecule has 0 unspecified atom stereocenters. The van der Waals surface area contributed by atoms with Crippen molar-refractivity contribution in [2.45, 2.75) is 0 Å². The van der Waals surface area contributed by atoms with E-state index in [1.807, 2.05) is 48.5 Å². The lowest BCUT2D eigenvalue weighted by molar-refractivity contribution is 1.27. The van der Waals surface area contributed by atoms with Crippen molar-refractivity contribution in [3.05, 3.63) is 59.1 Å². The van der Waals surface area contributed by atoms with Gasteiger partial charge >= 0.3 is 0 Å². The molecular weight excluding hydrogens is 246 g/mol. The third-order valence-electron chi connectivity index (χ3n) is 2.61. The number of rotatable bonds is 2. The molecule has 3 rings (SSSR count). The van der Waals surface area contributed by atoms with Gasteiger partial charge < -0.3 is 4.98 Å². The predicted molar refractivity (Wildman–Crippen MR) is 74.8 cm³/mol. The van der Waals surface area contributed by atoms with Gasteiger partial charge in [0.25, 0.3) is 0 Å². The molecule has 0 aliphatic carbocycles. The predicted octanol–water partition coefficient (Wildman–Crippen LogP) is 3.97. The van der Waals surface area contributed by atoms with E-state index in [0.717, 1.165) is 16.6 Å². The topological polar surface area (TPSA) is 41.0 Å². The first-order chi connectivity index (χ1) is 8.83. The molecular formula is C14H10ClN3. The third-order valence-corrected chi connectivity index (χ3v) is 2.95. The van der Waals surface area contributed by atoms with Gasteiger partial charge in [0, 0.05) is 16.8 Å². The van der Waals surface area contributed by atoms with Gasteiger partial charge in [-0.1, -0.05) is 41.9 Å². The van der Waals surface area contributed by atoms with Gasteiger partial charge in [-0.05, 0) is 18.2 Å². The Hall–Kier alpha value is -2.13. The smallest absolute Gasteiger partial charge is 0.227 e. The summed E-state index contributed by atoms with van der Waals surface area (Å²) in [6, 6.07) is 15.4. The number of nitrogens with zero attached hydrogens (tertiary/aromatic N) is 2. The van der Waals surface area contributed by atoms with Gasteiger partial charge in [0.1, 0.15) is 0 Å². The van der Waals surface area contributed by atoms with Crippen molar-refractivity contribution in [1.82, 2.24) is 9.97 Å². The Labute approximate surface area is 109 Å².